The fraction of sp³-hybridized carbons (Fsp3) is 0.417. The van der Waals surface area contributed by atoms with Crippen molar-refractivity contribution in [3.63, 3.8) is 0 Å². The zero-order chi connectivity index (χ0) is 24.7. The van der Waals surface area contributed by atoms with E-state index >= 15 is 0 Å². The summed E-state index contributed by atoms with van der Waals surface area (Å²) in [6.07, 6.45) is 5.63. The number of rotatable bonds is 6. The van der Waals surface area contributed by atoms with Crippen LogP contribution in [0.4, 0.5) is 31.9 Å². The number of aryl methyl sites for hydroxylation is 1. The topological polar surface area (TPSA) is 91.2 Å². The molecule has 1 aromatic carbocycles. The summed E-state index contributed by atoms with van der Waals surface area (Å²) in [6.45, 7) is 5.52. The molecule has 5 rings (SSSR count). The Morgan fingerprint density at radius 3 is 2.74 bits per heavy atom. The minimum atomic E-state index is -0.569. The number of nitrogens with zero attached hydrogens (tertiary/aromatic N) is 6. The van der Waals surface area contributed by atoms with Crippen LogP contribution in [0.15, 0.2) is 30.6 Å². The standard InChI is InChI=1S/C24H28F2N8O/c1-14-21-22(32(3)15(2)23(35)30-21)31-24(29-14)27-10-16-11-28-33(12-16)13-19-5-4-6-34(19)20-8-17(25)7-18(26)9-20/h7-9,11-12,15,19H,4-6,10,13H2,1-3H3,(H,30,35)(H,27,29,31)/t15-,19?/m0/s1. The third-order valence-electron chi connectivity index (χ3n) is 6.70. The van der Waals surface area contributed by atoms with Crippen LogP contribution < -0.4 is 20.4 Å². The number of hydrogen-bond acceptors (Lipinski definition) is 7. The van der Waals surface area contributed by atoms with Gasteiger partial charge in [0.25, 0.3) is 0 Å². The second-order valence-electron chi connectivity index (χ2n) is 9.15. The average molecular weight is 483 g/mol. The number of nitrogens with one attached hydrogen (secondary N) is 2. The largest absolute Gasteiger partial charge is 0.367 e. The van der Waals surface area contributed by atoms with Gasteiger partial charge in [0.2, 0.25) is 11.9 Å². The third kappa shape index (κ3) is 4.62. The van der Waals surface area contributed by atoms with Crippen LogP contribution in [0.1, 0.15) is 31.0 Å². The van der Waals surface area contributed by atoms with Gasteiger partial charge in [-0.05, 0) is 38.8 Å². The number of likely N-dealkylation sites (N-methyl/N-ethyl adjacent to an activating group) is 1. The van der Waals surface area contributed by atoms with Gasteiger partial charge in [-0.15, -0.1) is 0 Å². The van der Waals surface area contributed by atoms with Gasteiger partial charge in [-0.2, -0.15) is 10.1 Å². The van der Waals surface area contributed by atoms with Crippen molar-refractivity contribution < 1.29 is 13.6 Å². The Morgan fingerprint density at radius 1 is 1.20 bits per heavy atom. The summed E-state index contributed by atoms with van der Waals surface area (Å²) in [6, 6.07) is 3.44. The quantitative estimate of drug-likeness (QED) is 0.557. The van der Waals surface area contributed by atoms with E-state index in [9.17, 15) is 13.6 Å². The van der Waals surface area contributed by atoms with Crippen molar-refractivity contribution in [1.29, 1.82) is 0 Å². The second-order valence-corrected chi connectivity index (χ2v) is 9.15. The maximum Gasteiger partial charge on any atom is 0.246 e. The molecule has 2 aliphatic rings. The van der Waals surface area contributed by atoms with Gasteiger partial charge in [0.05, 0.1) is 18.4 Å². The lowest BCUT2D eigenvalue weighted by Crippen LogP contribution is -2.44. The van der Waals surface area contributed by atoms with Crippen LogP contribution in [0, 0.1) is 18.6 Å². The Kier molecular flexibility index (Phi) is 6.00. The van der Waals surface area contributed by atoms with E-state index < -0.39 is 11.6 Å². The Labute approximate surface area is 202 Å². The molecule has 1 amide bonds. The van der Waals surface area contributed by atoms with Gasteiger partial charge in [-0.25, -0.2) is 13.8 Å². The monoisotopic (exact) mass is 482 g/mol. The number of carbonyl (C=O) groups is 1. The lowest BCUT2D eigenvalue weighted by Gasteiger charge is -2.32. The van der Waals surface area contributed by atoms with Gasteiger partial charge >= 0.3 is 0 Å². The molecule has 2 N–H and O–H groups in total. The van der Waals surface area contributed by atoms with Crippen LogP contribution in [0.25, 0.3) is 0 Å². The highest BCUT2D eigenvalue weighted by Crippen LogP contribution is 2.32. The summed E-state index contributed by atoms with van der Waals surface area (Å²) in [5.74, 6) is -0.0677. The van der Waals surface area contributed by atoms with Crippen molar-refractivity contribution in [2.45, 2.75) is 51.9 Å². The molecule has 4 heterocycles. The minimum absolute atomic E-state index is 0.0804. The molecule has 0 aliphatic carbocycles. The molecule has 0 radical (unpaired) electrons. The number of anilines is 4. The molecule has 2 aliphatic heterocycles. The zero-order valence-corrected chi connectivity index (χ0v) is 19.9. The zero-order valence-electron chi connectivity index (χ0n) is 19.9. The van der Waals surface area contributed by atoms with Gasteiger partial charge in [-0.3, -0.25) is 9.48 Å². The summed E-state index contributed by atoms with van der Waals surface area (Å²) in [4.78, 5) is 25.1. The predicted molar refractivity (Wildman–Crippen MR) is 130 cm³/mol. The molecule has 1 fully saturated rings. The van der Waals surface area contributed by atoms with Crippen molar-refractivity contribution in [2.24, 2.45) is 0 Å². The molecular formula is C24H28F2N8O. The molecule has 0 bridgehead atoms. The van der Waals surface area contributed by atoms with Gasteiger partial charge in [0.15, 0.2) is 5.82 Å². The molecular weight excluding hydrogens is 454 g/mol. The van der Waals surface area contributed by atoms with E-state index in [1.807, 2.05) is 41.6 Å². The molecule has 11 heteroatoms. The molecule has 9 nitrogen and oxygen atoms in total. The van der Waals surface area contributed by atoms with Gasteiger partial charge < -0.3 is 20.4 Å². The molecule has 0 saturated carbocycles. The van der Waals surface area contributed by atoms with Crippen molar-refractivity contribution >= 4 is 29.0 Å². The molecule has 184 valence electrons. The van der Waals surface area contributed by atoms with Crippen LogP contribution in [-0.4, -0.2) is 51.3 Å². The molecule has 2 atom stereocenters. The number of amides is 1. The number of halogens is 2. The molecule has 3 aromatic rings. The van der Waals surface area contributed by atoms with Crippen LogP contribution in [-0.2, 0) is 17.9 Å². The van der Waals surface area contributed by atoms with Crippen LogP contribution in [0.3, 0.4) is 0 Å². The number of fused-ring (bicyclic) bond motifs is 1. The van der Waals surface area contributed by atoms with Crippen LogP contribution >= 0.6 is 0 Å². The summed E-state index contributed by atoms with van der Waals surface area (Å²) in [5.41, 5.74) is 2.85. The highest BCUT2D eigenvalue weighted by Gasteiger charge is 2.30. The molecule has 1 unspecified atom stereocenters. The summed E-state index contributed by atoms with van der Waals surface area (Å²) >= 11 is 0. The second kappa shape index (κ2) is 9.12. The highest BCUT2D eigenvalue weighted by molar-refractivity contribution is 6.03. The minimum Gasteiger partial charge on any atom is -0.367 e. The molecule has 1 saturated heterocycles. The summed E-state index contributed by atoms with van der Waals surface area (Å²) < 4.78 is 29.3. The SMILES string of the molecule is Cc1nc(NCc2cnn(CC3CCCN3c3cc(F)cc(F)c3)c2)nc2c1NC(=O)[C@H](C)N2C. The fourth-order valence-electron chi connectivity index (χ4n) is 4.69. The Balaban J connectivity index is 1.25. The van der Waals surface area contributed by atoms with E-state index in [-0.39, 0.29) is 18.0 Å². The van der Waals surface area contributed by atoms with E-state index in [1.54, 1.807) is 6.20 Å². The number of hydrogen-bond donors (Lipinski definition) is 2. The lowest BCUT2D eigenvalue weighted by molar-refractivity contribution is -0.117. The smallest absolute Gasteiger partial charge is 0.246 e. The van der Waals surface area contributed by atoms with Crippen molar-refractivity contribution in [2.75, 3.05) is 34.0 Å². The van der Waals surface area contributed by atoms with E-state index in [4.69, 9.17) is 0 Å². The Morgan fingerprint density at radius 2 is 1.97 bits per heavy atom. The lowest BCUT2D eigenvalue weighted by atomic mass is 10.2. The number of benzene rings is 1. The van der Waals surface area contributed by atoms with E-state index in [2.05, 4.69) is 25.7 Å². The number of carbonyl (C=O) groups excluding carboxylic acids is 1. The first-order chi connectivity index (χ1) is 16.8. The average Bonchev–Trinajstić information content (AvgIpc) is 3.46. The van der Waals surface area contributed by atoms with Crippen molar-refractivity contribution in [3.8, 4) is 0 Å². The normalized spacial score (nSPS) is 19.6. The fourth-order valence-corrected chi connectivity index (χ4v) is 4.69. The van der Waals surface area contributed by atoms with E-state index in [0.717, 1.165) is 31.0 Å². The third-order valence-corrected chi connectivity index (χ3v) is 6.70. The summed E-state index contributed by atoms with van der Waals surface area (Å²) in [7, 11) is 1.84. The van der Waals surface area contributed by atoms with E-state index in [0.29, 0.717) is 41.9 Å². The Bertz CT molecular complexity index is 1240. The first kappa shape index (κ1) is 23.0. The highest BCUT2D eigenvalue weighted by atomic mass is 19.1. The maximum absolute atomic E-state index is 13.7. The maximum atomic E-state index is 13.7. The van der Waals surface area contributed by atoms with Crippen LogP contribution in [0.2, 0.25) is 0 Å². The van der Waals surface area contributed by atoms with Gasteiger partial charge in [0, 0.05) is 49.7 Å². The first-order valence-electron chi connectivity index (χ1n) is 11.7. The summed E-state index contributed by atoms with van der Waals surface area (Å²) in [5, 5.41) is 10.6. The van der Waals surface area contributed by atoms with E-state index in [1.165, 1.54) is 12.1 Å². The molecule has 35 heavy (non-hydrogen) atoms. The Hall–Kier alpha value is -3.76. The van der Waals surface area contributed by atoms with Gasteiger partial charge in [0.1, 0.15) is 23.4 Å². The van der Waals surface area contributed by atoms with Crippen molar-refractivity contribution in [3.05, 3.63) is 53.5 Å². The number of aromatic nitrogens is 4. The van der Waals surface area contributed by atoms with Gasteiger partial charge in [-0.1, -0.05) is 0 Å². The molecule has 0 spiro atoms. The first-order valence-corrected chi connectivity index (χ1v) is 11.7. The van der Waals surface area contributed by atoms with Crippen molar-refractivity contribution in [1.82, 2.24) is 19.7 Å². The van der Waals surface area contributed by atoms with Crippen LogP contribution in [0.5, 0.6) is 0 Å². The molecule has 2 aromatic heterocycles. The predicted octanol–water partition coefficient (Wildman–Crippen LogP) is 3.32.